The van der Waals surface area contributed by atoms with Gasteiger partial charge < -0.3 is 15.0 Å². The van der Waals surface area contributed by atoms with Gasteiger partial charge in [0.1, 0.15) is 15.6 Å². The fraction of sp³-hybridized carbons (Fsp3) is 0.529. The van der Waals surface area contributed by atoms with Crippen LogP contribution in [0.2, 0.25) is 0 Å². The molecule has 1 fully saturated rings. The van der Waals surface area contributed by atoms with Crippen LogP contribution in [0.25, 0.3) is 0 Å². The zero-order valence-electron chi connectivity index (χ0n) is 14.4. The van der Waals surface area contributed by atoms with Crippen molar-refractivity contribution in [2.24, 2.45) is 0 Å². The van der Waals surface area contributed by atoms with Gasteiger partial charge in [-0.25, -0.2) is 0 Å². The summed E-state index contributed by atoms with van der Waals surface area (Å²) in [7, 11) is 0. The monoisotopic (exact) mass is 362 g/mol. The molecule has 0 saturated heterocycles. The molecule has 0 spiro atoms. The summed E-state index contributed by atoms with van der Waals surface area (Å²) in [6.45, 7) is 3.87. The Balaban J connectivity index is 1.79. The van der Waals surface area contributed by atoms with Gasteiger partial charge in [0, 0.05) is 12.2 Å². The largest absolute Gasteiger partial charge is 0.393 e. The van der Waals surface area contributed by atoms with Crippen molar-refractivity contribution in [1.29, 1.82) is 0 Å². The van der Waals surface area contributed by atoms with Crippen LogP contribution in [0.15, 0.2) is 17.1 Å². The summed E-state index contributed by atoms with van der Waals surface area (Å²) < 4.78 is 1.64. The smallest absolute Gasteiger partial charge is 0.263 e. The fourth-order valence-electron chi connectivity index (χ4n) is 3.19. The Kier molecular flexibility index (Phi) is 5.29. The molecule has 25 heavy (non-hydrogen) atoms. The molecule has 0 radical (unpaired) electrons. The van der Waals surface area contributed by atoms with Crippen molar-refractivity contribution in [3.8, 4) is 0 Å². The zero-order chi connectivity index (χ0) is 18.0. The Morgan fingerprint density at radius 3 is 2.68 bits per heavy atom. The van der Waals surface area contributed by atoms with Gasteiger partial charge in [-0.3, -0.25) is 9.59 Å². The summed E-state index contributed by atoms with van der Waals surface area (Å²) in [6, 6.07) is 1.84. The number of carbonyl (C=O) groups excluding carboxylic acids is 1. The van der Waals surface area contributed by atoms with Gasteiger partial charge in [0.15, 0.2) is 0 Å². The maximum absolute atomic E-state index is 12.8. The van der Waals surface area contributed by atoms with Gasteiger partial charge in [-0.1, -0.05) is 11.3 Å². The molecule has 134 valence electrons. The maximum atomic E-state index is 12.8. The third kappa shape index (κ3) is 3.96. The Morgan fingerprint density at radius 1 is 1.32 bits per heavy atom. The van der Waals surface area contributed by atoms with Crippen LogP contribution in [0.4, 0.5) is 0 Å². The minimum Gasteiger partial charge on any atom is -0.393 e. The molecule has 8 heteroatoms. The summed E-state index contributed by atoms with van der Waals surface area (Å²) in [4.78, 5) is 25.4. The van der Waals surface area contributed by atoms with Crippen molar-refractivity contribution < 1.29 is 9.90 Å². The van der Waals surface area contributed by atoms with Crippen LogP contribution < -0.4 is 10.9 Å². The predicted molar refractivity (Wildman–Crippen MR) is 94.8 cm³/mol. The Labute approximate surface area is 149 Å². The lowest BCUT2D eigenvalue weighted by atomic mass is 9.92. The van der Waals surface area contributed by atoms with Crippen LogP contribution in [0, 0.1) is 13.8 Å². The lowest BCUT2D eigenvalue weighted by Crippen LogP contribution is -2.36. The number of pyridine rings is 1. The number of aryl methyl sites for hydroxylation is 2. The van der Waals surface area contributed by atoms with Gasteiger partial charge in [0.05, 0.1) is 12.6 Å². The van der Waals surface area contributed by atoms with Crippen LogP contribution in [0.1, 0.15) is 57.7 Å². The van der Waals surface area contributed by atoms with Gasteiger partial charge in [-0.05, 0) is 51.2 Å². The highest BCUT2D eigenvalue weighted by Crippen LogP contribution is 2.27. The van der Waals surface area contributed by atoms with Gasteiger partial charge in [-0.15, -0.1) is 10.2 Å². The predicted octanol–water partition coefficient (Wildman–Crippen LogP) is 1.72. The van der Waals surface area contributed by atoms with Crippen molar-refractivity contribution in [2.45, 2.75) is 58.2 Å². The minimum absolute atomic E-state index is 0.0360. The van der Waals surface area contributed by atoms with E-state index in [9.17, 15) is 14.7 Å². The number of nitrogens with zero attached hydrogens (tertiary/aromatic N) is 3. The molecule has 2 N–H and O–H groups in total. The molecule has 0 aliphatic heterocycles. The van der Waals surface area contributed by atoms with Crippen LogP contribution in [0.5, 0.6) is 0 Å². The third-order valence-corrected chi connectivity index (χ3v) is 5.42. The summed E-state index contributed by atoms with van der Waals surface area (Å²) in [6.07, 6.45) is 4.33. The van der Waals surface area contributed by atoms with Gasteiger partial charge >= 0.3 is 0 Å². The Morgan fingerprint density at radius 2 is 2.04 bits per heavy atom. The van der Waals surface area contributed by atoms with E-state index >= 15 is 0 Å². The number of carbonyl (C=O) groups is 1. The first-order valence-corrected chi connectivity index (χ1v) is 9.24. The first-order valence-electron chi connectivity index (χ1n) is 8.42. The van der Waals surface area contributed by atoms with Gasteiger partial charge in [0.25, 0.3) is 11.5 Å². The number of aromatic nitrogens is 3. The summed E-state index contributed by atoms with van der Waals surface area (Å²) in [5.74, 6) is -0.388. The summed E-state index contributed by atoms with van der Waals surface area (Å²) in [5.41, 5.74) is 0.560. The standard InChI is InChI=1S/C17H22N4O3S/c1-10-7-8-21(12-3-5-13(22)6-4-12)17(24)15(10)16(23)18-9-14-20-19-11(2)25-14/h7-8,12-13,22H,3-6,9H2,1-2H3,(H,18,23). The van der Waals surface area contributed by atoms with Gasteiger partial charge in [-0.2, -0.15) is 0 Å². The number of aliphatic hydroxyl groups excluding tert-OH is 1. The fourth-order valence-corrected chi connectivity index (χ4v) is 3.84. The van der Waals surface area contributed by atoms with E-state index in [0.29, 0.717) is 23.4 Å². The van der Waals surface area contributed by atoms with E-state index in [0.717, 1.165) is 17.8 Å². The number of hydrogen-bond donors (Lipinski definition) is 2. The average molecular weight is 362 g/mol. The molecule has 1 aliphatic carbocycles. The number of hydrogen-bond acceptors (Lipinski definition) is 6. The molecule has 1 aliphatic rings. The van der Waals surface area contributed by atoms with Crippen molar-refractivity contribution in [2.75, 3.05) is 0 Å². The van der Waals surface area contributed by atoms with E-state index in [1.807, 2.05) is 6.92 Å². The van der Waals surface area contributed by atoms with E-state index < -0.39 is 0 Å². The third-order valence-electron chi connectivity index (χ3n) is 4.58. The molecular weight excluding hydrogens is 340 g/mol. The summed E-state index contributed by atoms with van der Waals surface area (Å²) >= 11 is 1.42. The van der Waals surface area contributed by atoms with E-state index in [2.05, 4.69) is 15.5 Å². The number of rotatable bonds is 4. The van der Waals surface area contributed by atoms with Crippen LogP contribution in [0.3, 0.4) is 0 Å². The second-order valence-electron chi connectivity index (χ2n) is 6.45. The quantitative estimate of drug-likeness (QED) is 0.863. The highest BCUT2D eigenvalue weighted by atomic mass is 32.1. The minimum atomic E-state index is -0.388. The summed E-state index contributed by atoms with van der Waals surface area (Å²) in [5, 5.41) is 21.8. The van der Waals surface area contributed by atoms with E-state index in [-0.39, 0.29) is 35.7 Å². The molecular formula is C17H22N4O3S. The molecule has 0 bridgehead atoms. The molecule has 0 unspecified atom stereocenters. The van der Waals surface area contributed by atoms with Crippen LogP contribution >= 0.6 is 11.3 Å². The average Bonchev–Trinajstić information content (AvgIpc) is 3.00. The molecule has 2 aromatic heterocycles. The van der Waals surface area contributed by atoms with Crippen LogP contribution in [-0.4, -0.2) is 31.9 Å². The molecule has 0 aromatic carbocycles. The molecule has 3 rings (SSSR count). The number of aliphatic hydroxyl groups is 1. The molecule has 2 aromatic rings. The van der Waals surface area contributed by atoms with E-state index in [1.54, 1.807) is 23.8 Å². The molecule has 2 heterocycles. The normalized spacial score (nSPS) is 20.4. The topological polar surface area (TPSA) is 97.1 Å². The van der Waals surface area contributed by atoms with Crippen molar-refractivity contribution >= 4 is 17.2 Å². The van der Waals surface area contributed by atoms with Crippen molar-refractivity contribution in [3.63, 3.8) is 0 Å². The maximum Gasteiger partial charge on any atom is 0.263 e. The highest BCUT2D eigenvalue weighted by Gasteiger charge is 2.24. The second kappa shape index (κ2) is 7.45. The van der Waals surface area contributed by atoms with E-state index in [4.69, 9.17) is 0 Å². The highest BCUT2D eigenvalue weighted by molar-refractivity contribution is 7.11. The van der Waals surface area contributed by atoms with Gasteiger partial charge in [0.2, 0.25) is 0 Å². The molecule has 0 atom stereocenters. The van der Waals surface area contributed by atoms with E-state index in [1.165, 1.54) is 11.3 Å². The number of nitrogens with one attached hydrogen (secondary N) is 1. The SMILES string of the molecule is Cc1nnc(CNC(=O)c2c(C)ccn(C3CCC(O)CC3)c2=O)s1. The second-order valence-corrected chi connectivity index (χ2v) is 7.71. The molecule has 7 nitrogen and oxygen atoms in total. The Bertz CT molecular complexity index is 822. The zero-order valence-corrected chi connectivity index (χ0v) is 15.2. The first-order chi connectivity index (χ1) is 12.0. The Hall–Kier alpha value is -2.06. The lowest BCUT2D eigenvalue weighted by molar-refractivity contribution is 0.0944. The molecule has 1 amide bonds. The lowest BCUT2D eigenvalue weighted by Gasteiger charge is -2.27. The van der Waals surface area contributed by atoms with Crippen molar-refractivity contribution in [1.82, 2.24) is 20.1 Å². The first kappa shape index (κ1) is 17.8. The molecule has 1 saturated carbocycles. The van der Waals surface area contributed by atoms with Crippen molar-refractivity contribution in [3.05, 3.63) is 43.8 Å². The van der Waals surface area contributed by atoms with Crippen LogP contribution in [-0.2, 0) is 6.54 Å². The number of amides is 1.